The van der Waals surface area contributed by atoms with Crippen molar-refractivity contribution >= 4 is 5.97 Å². The van der Waals surface area contributed by atoms with Crippen molar-refractivity contribution in [3.63, 3.8) is 0 Å². The predicted octanol–water partition coefficient (Wildman–Crippen LogP) is 4.74. The summed E-state index contributed by atoms with van der Waals surface area (Å²) in [6.45, 7) is 3.53. The normalized spacial score (nSPS) is 11.9. The average molecular weight is 444 g/mol. The maximum atomic E-state index is 12.2. The van der Waals surface area contributed by atoms with Gasteiger partial charge in [0.05, 0.1) is 12.8 Å². The highest BCUT2D eigenvalue weighted by Crippen LogP contribution is 2.21. The number of rotatable bonds is 10. The molecule has 0 spiro atoms. The summed E-state index contributed by atoms with van der Waals surface area (Å²) in [4.78, 5) is 16.9. The molecule has 6 nitrogen and oxygen atoms in total. The van der Waals surface area contributed by atoms with Crippen LogP contribution >= 0.6 is 0 Å². The van der Waals surface area contributed by atoms with Gasteiger partial charge in [-0.1, -0.05) is 42.5 Å². The average Bonchev–Trinajstić information content (AvgIpc) is 3.51. The molecular weight excluding hydrogens is 414 g/mol. The van der Waals surface area contributed by atoms with E-state index < -0.39 is 0 Å². The van der Waals surface area contributed by atoms with E-state index in [0.717, 1.165) is 42.1 Å². The van der Waals surface area contributed by atoms with E-state index in [4.69, 9.17) is 9.15 Å². The van der Waals surface area contributed by atoms with E-state index in [1.807, 2.05) is 66.3 Å². The largest absolute Gasteiger partial charge is 0.467 e. The molecule has 170 valence electrons. The van der Waals surface area contributed by atoms with Crippen molar-refractivity contribution in [3.8, 4) is 11.5 Å². The second kappa shape index (κ2) is 10.8. The predicted molar refractivity (Wildman–Crippen MR) is 128 cm³/mol. The quantitative estimate of drug-likeness (QED) is 0.283. The van der Waals surface area contributed by atoms with Gasteiger partial charge in [-0.15, -0.1) is 0 Å². The van der Waals surface area contributed by atoms with Gasteiger partial charge < -0.3 is 19.0 Å². The van der Waals surface area contributed by atoms with Crippen LogP contribution in [0.15, 0.2) is 83.5 Å². The first-order chi connectivity index (χ1) is 16.1. The van der Waals surface area contributed by atoms with Crippen LogP contribution < -0.4 is 5.32 Å². The maximum Gasteiger partial charge on any atom is 0.329 e. The van der Waals surface area contributed by atoms with Crippen molar-refractivity contribution in [2.75, 3.05) is 13.7 Å². The third-order valence-electron chi connectivity index (χ3n) is 5.69. The maximum absolute atomic E-state index is 12.2. The van der Waals surface area contributed by atoms with Crippen molar-refractivity contribution in [2.24, 2.45) is 0 Å². The lowest BCUT2D eigenvalue weighted by Crippen LogP contribution is -2.22. The number of carbonyl (C=O) groups excluding carboxylic acids is 1. The van der Waals surface area contributed by atoms with Crippen LogP contribution in [0.1, 0.15) is 28.6 Å². The third-order valence-corrected chi connectivity index (χ3v) is 5.69. The van der Waals surface area contributed by atoms with Crippen molar-refractivity contribution in [1.29, 1.82) is 0 Å². The Hall–Kier alpha value is -3.64. The number of benzene rings is 2. The van der Waals surface area contributed by atoms with Crippen LogP contribution in [0.5, 0.6) is 0 Å². The molecular formula is C27H29N3O3. The van der Waals surface area contributed by atoms with Crippen LogP contribution in [0.25, 0.3) is 11.5 Å². The first-order valence-electron chi connectivity index (χ1n) is 11.1. The number of esters is 1. The van der Waals surface area contributed by atoms with Gasteiger partial charge in [-0.05, 0) is 42.3 Å². The summed E-state index contributed by atoms with van der Waals surface area (Å²) in [6, 6.07) is 21.8. The highest BCUT2D eigenvalue weighted by atomic mass is 16.5. The highest BCUT2D eigenvalue weighted by Gasteiger charge is 2.20. The zero-order valence-corrected chi connectivity index (χ0v) is 19.0. The van der Waals surface area contributed by atoms with Gasteiger partial charge in [0.15, 0.2) is 0 Å². The molecule has 2 heterocycles. The summed E-state index contributed by atoms with van der Waals surface area (Å²) in [6.07, 6.45) is 5.17. The van der Waals surface area contributed by atoms with Gasteiger partial charge in [-0.2, -0.15) is 0 Å². The Labute approximate surface area is 194 Å². The van der Waals surface area contributed by atoms with Gasteiger partial charge in [-0.3, -0.25) is 0 Å². The van der Waals surface area contributed by atoms with Crippen LogP contribution in [-0.4, -0.2) is 29.2 Å². The van der Waals surface area contributed by atoms with Crippen LogP contribution in [0, 0.1) is 6.92 Å². The minimum atomic E-state index is -0.361. The first kappa shape index (κ1) is 22.6. The summed E-state index contributed by atoms with van der Waals surface area (Å²) in [5.41, 5.74) is 4.26. The van der Waals surface area contributed by atoms with E-state index >= 15 is 0 Å². The lowest BCUT2D eigenvalue weighted by molar-refractivity contribution is -0.144. The fourth-order valence-corrected chi connectivity index (χ4v) is 3.82. The Morgan fingerprint density at radius 1 is 1.03 bits per heavy atom. The summed E-state index contributed by atoms with van der Waals surface area (Å²) >= 11 is 0. The number of hydrogen-bond acceptors (Lipinski definition) is 5. The van der Waals surface area contributed by atoms with E-state index in [2.05, 4.69) is 34.6 Å². The molecule has 1 atom stereocenters. The molecule has 0 aliphatic heterocycles. The second-order valence-electron chi connectivity index (χ2n) is 8.00. The Morgan fingerprint density at radius 3 is 2.42 bits per heavy atom. The topological polar surface area (TPSA) is 69.3 Å². The zero-order valence-electron chi connectivity index (χ0n) is 19.0. The number of oxazole rings is 1. The van der Waals surface area contributed by atoms with Gasteiger partial charge in [0.2, 0.25) is 5.89 Å². The molecule has 0 aliphatic carbocycles. The summed E-state index contributed by atoms with van der Waals surface area (Å²) in [7, 11) is 1.43. The first-order valence-corrected chi connectivity index (χ1v) is 11.1. The van der Waals surface area contributed by atoms with E-state index in [9.17, 15) is 4.79 Å². The molecule has 2 aromatic carbocycles. The van der Waals surface area contributed by atoms with Crippen LogP contribution in [0.4, 0.5) is 0 Å². The van der Waals surface area contributed by atoms with Crippen molar-refractivity contribution in [3.05, 3.63) is 102 Å². The molecule has 0 aliphatic rings. The molecule has 4 aromatic rings. The Balaban J connectivity index is 1.28. The molecule has 0 bridgehead atoms. The molecule has 0 saturated carbocycles. The fraction of sp³-hybridized carbons (Fsp3) is 0.259. The van der Waals surface area contributed by atoms with Crippen molar-refractivity contribution in [1.82, 2.24) is 14.9 Å². The van der Waals surface area contributed by atoms with Crippen molar-refractivity contribution < 1.29 is 13.9 Å². The number of hydrogen-bond donors (Lipinski definition) is 1. The Morgan fingerprint density at radius 2 is 1.73 bits per heavy atom. The molecule has 1 unspecified atom stereocenters. The standard InChI is InChI=1S/C27H29N3O3/c1-20-24(29-26(33-20)23-8-4-3-5-9-23)14-15-28-19-22-12-10-21(11-13-22)18-25(27(31)32-2)30-16-6-7-17-30/h3-13,16-17,25,28H,14-15,18-19H2,1-2H3. The lowest BCUT2D eigenvalue weighted by Gasteiger charge is -2.17. The number of aromatic nitrogens is 2. The number of ether oxygens (including phenoxy) is 1. The van der Waals surface area contributed by atoms with Gasteiger partial charge in [0, 0.05) is 43.9 Å². The summed E-state index contributed by atoms with van der Waals surface area (Å²) in [5, 5.41) is 3.48. The van der Waals surface area contributed by atoms with E-state index in [-0.39, 0.29) is 12.0 Å². The monoisotopic (exact) mass is 443 g/mol. The minimum Gasteiger partial charge on any atom is -0.467 e. The summed E-state index contributed by atoms with van der Waals surface area (Å²) < 4.78 is 12.7. The lowest BCUT2D eigenvalue weighted by atomic mass is 10.0. The van der Waals surface area contributed by atoms with Gasteiger partial charge >= 0.3 is 5.97 Å². The third kappa shape index (κ3) is 5.79. The van der Waals surface area contributed by atoms with Crippen LogP contribution in [0.2, 0.25) is 0 Å². The molecule has 1 N–H and O–H groups in total. The molecule has 4 rings (SSSR count). The second-order valence-corrected chi connectivity index (χ2v) is 8.00. The van der Waals surface area contributed by atoms with Gasteiger partial charge in [0.25, 0.3) is 0 Å². The SMILES string of the molecule is COC(=O)C(Cc1ccc(CNCCc2nc(-c3ccccc3)oc2C)cc1)n1cccc1. The van der Waals surface area contributed by atoms with E-state index in [1.54, 1.807) is 0 Å². The van der Waals surface area contributed by atoms with E-state index in [1.165, 1.54) is 12.7 Å². The Kier molecular flexibility index (Phi) is 7.37. The molecule has 6 heteroatoms. The molecule has 0 saturated heterocycles. The fourth-order valence-electron chi connectivity index (χ4n) is 3.82. The number of methoxy groups -OCH3 is 1. The molecule has 0 radical (unpaired) electrons. The molecule has 33 heavy (non-hydrogen) atoms. The zero-order chi connectivity index (χ0) is 23.0. The number of carbonyl (C=O) groups is 1. The molecule has 2 aromatic heterocycles. The number of nitrogens with zero attached hydrogens (tertiary/aromatic N) is 2. The van der Waals surface area contributed by atoms with Gasteiger partial charge in [-0.25, -0.2) is 9.78 Å². The van der Waals surface area contributed by atoms with Crippen molar-refractivity contribution in [2.45, 2.75) is 32.4 Å². The summed E-state index contributed by atoms with van der Waals surface area (Å²) in [5.74, 6) is 1.29. The molecule has 0 fully saturated rings. The Bertz CT molecular complexity index is 1150. The van der Waals surface area contributed by atoms with Gasteiger partial charge in [0.1, 0.15) is 11.8 Å². The van der Waals surface area contributed by atoms with Crippen LogP contribution in [-0.2, 0) is 28.9 Å². The number of aryl methyl sites for hydroxylation is 1. The van der Waals surface area contributed by atoms with E-state index in [0.29, 0.717) is 12.3 Å². The smallest absolute Gasteiger partial charge is 0.329 e. The highest BCUT2D eigenvalue weighted by molar-refractivity contribution is 5.74. The minimum absolute atomic E-state index is 0.240. The van der Waals surface area contributed by atoms with Crippen LogP contribution in [0.3, 0.4) is 0 Å². The number of nitrogens with one attached hydrogen (secondary N) is 1. The molecule has 0 amide bonds.